The SMILES string of the molecule is CC(C)(C)NC[C@@H](COC(=N)C(=NS)N1CCOCC1)OC(=O)/C=C/C(=O)OCC(=O)N(C1=NCCN1)c1ccc2nccnc2c1Br. The fourth-order valence-corrected chi connectivity index (χ4v) is 5.31. The Morgan fingerprint density at radius 3 is 2.60 bits per heavy atom. The van der Waals surface area contributed by atoms with Crippen molar-refractivity contribution >= 4 is 81.0 Å². The Kier molecular flexibility index (Phi) is 13.2. The van der Waals surface area contributed by atoms with Gasteiger partial charge in [-0.05, 0) is 61.6 Å². The molecule has 0 aliphatic carbocycles. The van der Waals surface area contributed by atoms with Gasteiger partial charge in [-0.2, -0.15) is 4.40 Å². The summed E-state index contributed by atoms with van der Waals surface area (Å²) >= 11 is 7.50. The van der Waals surface area contributed by atoms with Crippen molar-refractivity contribution in [2.45, 2.75) is 32.4 Å². The normalized spacial score (nSPS) is 15.9. The zero-order chi connectivity index (χ0) is 34.7. The maximum absolute atomic E-state index is 13.4. The fraction of sp³-hybridized carbons (Fsp3) is 0.467. The second-order valence-electron chi connectivity index (χ2n) is 11.5. The zero-order valence-electron chi connectivity index (χ0n) is 26.8. The first-order valence-electron chi connectivity index (χ1n) is 15.0. The molecule has 0 unspecified atom stereocenters. The van der Waals surface area contributed by atoms with Gasteiger partial charge in [0, 0.05) is 56.3 Å². The molecular formula is C30H38BrN9O7S. The van der Waals surface area contributed by atoms with Crippen molar-refractivity contribution in [1.29, 1.82) is 5.41 Å². The van der Waals surface area contributed by atoms with Crippen molar-refractivity contribution in [3.63, 3.8) is 0 Å². The number of guanidine groups is 1. The first-order valence-corrected chi connectivity index (χ1v) is 16.2. The number of hydrogen-bond donors (Lipinski definition) is 4. The molecule has 1 fully saturated rings. The molecule has 2 aliphatic heterocycles. The van der Waals surface area contributed by atoms with Crippen LogP contribution in [0.15, 0.2) is 50.5 Å². The molecule has 1 saturated heterocycles. The molecule has 1 atom stereocenters. The van der Waals surface area contributed by atoms with Gasteiger partial charge in [0.15, 0.2) is 12.4 Å². The van der Waals surface area contributed by atoms with E-state index in [0.29, 0.717) is 66.5 Å². The molecule has 18 heteroatoms. The minimum absolute atomic E-state index is 0.165. The van der Waals surface area contributed by atoms with E-state index in [0.717, 1.165) is 12.2 Å². The summed E-state index contributed by atoms with van der Waals surface area (Å²) in [6.07, 6.45) is 4.04. The van der Waals surface area contributed by atoms with Crippen LogP contribution >= 0.6 is 28.7 Å². The van der Waals surface area contributed by atoms with Crippen molar-refractivity contribution in [2.75, 3.05) is 64.1 Å². The van der Waals surface area contributed by atoms with Crippen LogP contribution in [0, 0.1) is 5.41 Å². The molecule has 2 aromatic rings. The van der Waals surface area contributed by atoms with Crippen molar-refractivity contribution in [2.24, 2.45) is 9.39 Å². The molecule has 0 radical (unpaired) electrons. The lowest BCUT2D eigenvalue weighted by atomic mass is 10.1. The summed E-state index contributed by atoms with van der Waals surface area (Å²) in [5.74, 6) is -2.08. The third-order valence-corrected chi connectivity index (χ3v) is 7.75. The Balaban J connectivity index is 1.35. The number of aromatic nitrogens is 2. The highest BCUT2D eigenvalue weighted by molar-refractivity contribution is 9.10. The average molecular weight is 749 g/mol. The van der Waals surface area contributed by atoms with Crippen LogP contribution in [-0.4, -0.2) is 121 Å². The third-order valence-electron chi connectivity index (χ3n) is 6.78. The second-order valence-corrected chi connectivity index (χ2v) is 12.5. The van der Waals surface area contributed by atoms with Gasteiger partial charge in [0.25, 0.3) is 11.8 Å². The predicted octanol–water partition coefficient (Wildman–Crippen LogP) is 1.65. The van der Waals surface area contributed by atoms with Crippen LogP contribution in [0.25, 0.3) is 11.0 Å². The van der Waals surface area contributed by atoms with Crippen molar-refractivity contribution in [1.82, 2.24) is 25.5 Å². The standard InChI is InChI=1S/C30H38BrN9O7S/c1-30(2,3)37-16-19(17-46-27(32)28(38-48)39-12-14-44-15-13-39)47-24(43)7-6-23(42)45-18-22(41)40(29-35-10-11-36-29)21-5-4-20-26(25(21)31)34-9-8-33-20/h4-9,19,32,37,48H,10-18H2,1-3H3,(H,35,36)/b7-6+,32-27?,38-28?/t19-/m0/s1. The molecule has 258 valence electrons. The number of carbonyl (C=O) groups excluding carboxylic acids is 3. The van der Waals surface area contributed by atoms with E-state index in [1.54, 1.807) is 18.3 Å². The summed E-state index contributed by atoms with van der Waals surface area (Å²) in [6.45, 7) is 8.25. The monoisotopic (exact) mass is 747 g/mol. The Bertz CT molecular complexity index is 1590. The van der Waals surface area contributed by atoms with Crippen LogP contribution in [0.3, 0.4) is 0 Å². The van der Waals surface area contributed by atoms with E-state index in [9.17, 15) is 14.4 Å². The molecular weight excluding hydrogens is 710 g/mol. The van der Waals surface area contributed by atoms with Gasteiger partial charge in [0.1, 0.15) is 18.2 Å². The lowest BCUT2D eigenvalue weighted by Gasteiger charge is -2.30. The maximum Gasteiger partial charge on any atom is 0.331 e. The highest BCUT2D eigenvalue weighted by Gasteiger charge is 2.28. The lowest BCUT2D eigenvalue weighted by molar-refractivity contribution is -0.146. The van der Waals surface area contributed by atoms with E-state index in [4.69, 9.17) is 24.4 Å². The van der Waals surface area contributed by atoms with Gasteiger partial charge in [-0.15, -0.1) is 0 Å². The van der Waals surface area contributed by atoms with E-state index in [2.05, 4.69) is 58.7 Å². The molecule has 0 spiro atoms. The highest BCUT2D eigenvalue weighted by Crippen LogP contribution is 2.32. The number of nitrogens with one attached hydrogen (secondary N) is 3. The number of rotatable bonds is 10. The van der Waals surface area contributed by atoms with E-state index >= 15 is 0 Å². The van der Waals surface area contributed by atoms with Crippen molar-refractivity contribution < 1.29 is 33.3 Å². The van der Waals surface area contributed by atoms with Crippen LogP contribution in [0.5, 0.6) is 0 Å². The van der Waals surface area contributed by atoms with Crippen molar-refractivity contribution in [3.8, 4) is 0 Å². The Morgan fingerprint density at radius 2 is 1.92 bits per heavy atom. The van der Waals surface area contributed by atoms with Gasteiger partial charge in [0.2, 0.25) is 5.96 Å². The summed E-state index contributed by atoms with van der Waals surface area (Å²) in [7, 11) is 0. The number of esters is 2. The number of carbonyl (C=O) groups is 3. The highest BCUT2D eigenvalue weighted by atomic mass is 79.9. The number of halogens is 1. The summed E-state index contributed by atoms with van der Waals surface area (Å²) in [4.78, 5) is 54.6. The number of anilines is 1. The van der Waals surface area contributed by atoms with Crippen LogP contribution in [-0.2, 0) is 33.3 Å². The molecule has 2 aliphatic rings. The quantitative estimate of drug-likeness (QED) is 0.0905. The number of morpholine rings is 1. The first-order chi connectivity index (χ1) is 23.0. The molecule has 1 aromatic carbocycles. The molecule has 0 bridgehead atoms. The van der Waals surface area contributed by atoms with E-state index in [-0.39, 0.29) is 30.4 Å². The van der Waals surface area contributed by atoms with E-state index in [1.807, 2.05) is 25.7 Å². The number of amides is 1. The van der Waals surface area contributed by atoms with Gasteiger partial charge in [0.05, 0.1) is 35.4 Å². The molecule has 4 rings (SSSR count). The third kappa shape index (κ3) is 10.4. The van der Waals surface area contributed by atoms with Gasteiger partial charge in [-0.25, -0.2) is 14.5 Å². The average Bonchev–Trinajstić information content (AvgIpc) is 3.60. The maximum atomic E-state index is 13.4. The number of nitrogens with zero attached hydrogens (tertiary/aromatic N) is 6. The second kappa shape index (κ2) is 17.3. The number of fused-ring (bicyclic) bond motifs is 1. The number of benzene rings is 1. The molecule has 3 heterocycles. The van der Waals surface area contributed by atoms with Gasteiger partial charge in [-0.1, -0.05) is 0 Å². The summed E-state index contributed by atoms with van der Waals surface area (Å²) in [5, 5.41) is 14.6. The molecule has 0 saturated carbocycles. The van der Waals surface area contributed by atoms with E-state index < -0.39 is 30.6 Å². The summed E-state index contributed by atoms with van der Waals surface area (Å²) < 4.78 is 26.0. The molecule has 48 heavy (non-hydrogen) atoms. The van der Waals surface area contributed by atoms with E-state index in [1.165, 1.54) is 11.1 Å². The smallest absolute Gasteiger partial charge is 0.331 e. The Morgan fingerprint density at radius 1 is 1.19 bits per heavy atom. The number of hydrogen-bond acceptors (Lipinski definition) is 15. The minimum Gasteiger partial charge on any atom is -0.471 e. The molecule has 1 amide bonds. The topological polar surface area (TPSA) is 193 Å². The van der Waals surface area contributed by atoms with Crippen LogP contribution in [0.1, 0.15) is 20.8 Å². The number of aliphatic imine (C=N–C) groups is 1. The fourth-order valence-electron chi connectivity index (χ4n) is 4.47. The lowest BCUT2D eigenvalue weighted by Crippen LogP contribution is -2.46. The van der Waals surface area contributed by atoms with Crippen molar-refractivity contribution in [3.05, 3.63) is 41.2 Å². The Labute approximate surface area is 291 Å². The van der Waals surface area contributed by atoms with Gasteiger partial charge < -0.3 is 34.5 Å². The summed E-state index contributed by atoms with van der Waals surface area (Å²) in [5.41, 5.74) is 1.28. The number of ether oxygens (including phenoxy) is 4. The number of amidine groups is 1. The largest absolute Gasteiger partial charge is 0.471 e. The van der Waals surface area contributed by atoms with Crippen LogP contribution in [0.4, 0.5) is 5.69 Å². The number of thiol groups is 1. The minimum atomic E-state index is -0.937. The van der Waals surface area contributed by atoms with Gasteiger partial charge in [-0.3, -0.25) is 25.2 Å². The van der Waals surface area contributed by atoms with Crippen LogP contribution < -0.4 is 15.5 Å². The molecule has 16 nitrogen and oxygen atoms in total. The predicted molar refractivity (Wildman–Crippen MR) is 185 cm³/mol. The van der Waals surface area contributed by atoms with Gasteiger partial charge >= 0.3 is 11.9 Å². The first kappa shape index (κ1) is 36.7. The molecule has 1 aromatic heterocycles. The molecule has 3 N–H and O–H groups in total. The summed E-state index contributed by atoms with van der Waals surface area (Å²) in [6, 6.07) is 3.40. The zero-order valence-corrected chi connectivity index (χ0v) is 29.3. The Hall–Kier alpha value is -4.13. The van der Waals surface area contributed by atoms with Crippen LogP contribution in [0.2, 0.25) is 0 Å².